The topological polar surface area (TPSA) is 66.5 Å². The zero-order valence-electron chi connectivity index (χ0n) is 14.0. The number of hydrogen-bond acceptors (Lipinski definition) is 5. The van der Waals surface area contributed by atoms with Gasteiger partial charge in [-0.3, -0.25) is 5.10 Å². The standard InChI is InChI=1S/C20H17N5S/c1-2-6-14(7-3-1)26-20-21-16-9-5-4-8-15(16)19(23-20)22-18-12-17(24-25-18)13-10-11-13/h1-9,12-13H,10-11H2,(H2,21,22,23,24,25). The Hall–Kier alpha value is -2.86. The van der Waals surface area contributed by atoms with Gasteiger partial charge in [0, 0.05) is 28.0 Å². The SMILES string of the molecule is c1ccc(Sc2nc(Nc3cc(C4CC4)[nH]n3)c3ccccc3n2)cc1. The number of aromatic nitrogens is 4. The van der Waals surface area contributed by atoms with Crippen molar-refractivity contribution in [1.29, 1.82) is 0 Å². The van der Waals surface area contributed by atoms with E-state index in [1.807, 2.05) is 42.5 Å². The van der Waals surface area contributed by atoms with Crippen LogP contribution in [0.3, 0.4) is 0 Å². The van der Waals surface area contributed by atoms with Crippen LogP contribution in [0, 0.1) is 0 Å². The lowest BCUT2D eigenvalue weighted by Crippen LogP contribution is -1.98. The van der Waals surface area contributed by atoms with Gasteiger partial charge in [0.2, 0.25) is 0 Å². The van der Waals surface area contributed by atoms with Gasteiger partial charge in [-0.1, -0.05) is 30.3 Å². The quantitative estimate of drug-likeness (QED) is 0.484. The number of H-pyrrole nitrogens is 1. The number of aromatic amines is 1. The molecule has 1 aliphatic carbocycles. The first-order valence-corrected chi connectivity index (χ1v) is 9.49. The molecule has 0 unspecified atom stereocenters. The van der Waals surface area contributed by atoms with E-state index < -0.39 is 0 Å². The molecule has 1 saturated carbocycles. The van der Waals surface area contributed by atoms with Crippen LogP contribution in [0.5, 0.6) is 0 Å². The second-order valence-corrected chi connectivity index (χ2v) is 7.44. The molecule has 26 heavy (non-hydrogen) atoms. The van der Waals surface area contributed by atoms with Crippen molar-refractivity contribution < 1.29 is 0 Å². The first kappa shape index (κ1) is 15.4. The molecule has 5 nitrogen and oxygen atoms in total. The maximum atomic E-state index is 4.75. The summed E-state index contributed by atoms with van der Waals surface area (Å²) < 4.78 is 0. The van der Waals surface area contributed by atoms with Gasteiger partial charge in [0.05, 0.1) is 5.52 Å². The van der Waals surface area contributed by atoms with Gasteiger partial charge in [0.1, 0.15) is 5.82 Å². The molecule has 0 aliphatic heterocycles. The largest absolute Gasteiger partial charge is 0.323 e. The van der Waals surface area contributed by atoms with Crippen molar-refractivity contribution in [3.63, 3.8) is 0 Å². The van der Waals surface area contributed by atoms with Gasteiger partial charge in [-0.2, -0.15) is 5.10 Å². The second-order valence-electron chi connectivity index (χ2n) is 6.39. The average molecular weight is 359 g/mol. The average Bonchev–Trinajstić information content (AvgIpc) is 3.42. The van der Waals surface area contributed by atoms with Gasteiger partial charge in [-0.05, 0) is 48.9 Å². The fourth-order valence-corrected chi connectivity index (χ4v) is 3.70. The molecule has 0 saturated heterocycles. The van der Waals surface area contributed by atoms with Gasteiger partial charge >= 0.3 is 0 Å². The molecule has 5 rings (SSSR count). The Morgan fingerprint density at radius 3 is 2.62 bits per heavy atom. The summed E-state index contributed by atoms with van der Waals surface area (Å²) >= 11 is 1.56. The number of fused-ring (bicyclic) bond motifs is 1. The molecule has 1 aliphatic rings. The fraction of sp³-hybridized carbons (Fsp3) is 0.150. The van der Waals surface area contributed by atoms with Crippen LogP contribution in [0.25, 0.3) is 10.9 Å². The van der Waals surface area contributed by atoms with Crippen molar-refractivity contribution in [3.8, 4) is 0 Å². The number of benzene rings is 2. The minimum atomic E-state index is 0.643. The molecule has 0 amide bonds. The summed E-state index contributed by atoms with van der Waals surface area (Å²) in [5, 5.41) is 12.6. The van der Waals surface area contributed by atoms with E-state index >= 15 is 0 Å². The molecule has 2 aromatic heterocycles. The molecule has 2 heterocycles. The Kier molecular flexibility index (Phi) is 3.83. The van der Waals surface area contributed by atoms with Crippen molar-refractivity contribution in [1.82, 2.24) is 20.2 Å². The highest BCUT2D eigenvalue weighted by Gasteiger charge is 2.25. The molecular weight excluding hydrogens is 342 g/mol. The Morgan fingerprint density at radius 2 is 1.77 bits per heavy atom. The van der Waals surface area contributed by atoms with Gasteiger partial charge in [-0.25, -0.2) is 9.97 Å². The van der Waals surface area contributed by atoms with Gasteiger partial charge in [0.25, 0.3) is 0 Å². The molecule has 0 bridgehead atoms. The van der Waals surface area contributed by atoms with Crippen LogP contribution in [-0.2, 0) is 0 Å². The highest BCUT2D eigenvalue weighted by atomic mass is 32.2. The molecule has 1 fully saturated rings. The van der Waals surface area contributed by atoms with E-state index in [9.17, 15) is 0 Å². The summed E-state index contributed by atoms with van der Waals surface area (Å²) in [6.07, 6.45) is 2.49. The molecule has 0 spiro atoms. The smallest absolute Gasteiger partial charge is 0.195 e. The molecule has 6 heteroatoms. The first-order valence-electron chi connectivity index (χ1n) is 8.67. The van der Waals surface area contributed by atoms with Gasteiger partial charge in [-0.15, -0.1) is 0 Å². The van der Waals surface area contributed by atoms with E-state index in [1.54, 1.807) is 11.8 Å². The number of hydrogen-bond donors (Lipinski definition) is 2. The Balaban J connectivity index is 1.51. The summed E-state index contributed by atoms with van der Waals surface area (Å²) in [4.78, 5) is 10.6. The predicted molar refractivity (Wildman–Crippen MR) is 104 cm³/mol. The third-order valence-corrected chi connectivity index (χ3v) is 5.27. The van der Waals surface area contributed by atoms with E-state index in [0.29, 0.717) is 5.92 Å². The van der Waals surface area contributed by atoms with Crippen LogP contribution in [0.4, 0.5) is 11.6 Å². The highest BCUT2D eigenvalue weighted by Crippen LogP contribution is 2.40. The monoisotopic (exact) mass is 359 g/mol. The third kappa shape index (κ3) is 3.15. The number of nitrogens with zero attached hydrogens (tertiary/aromatic N) is 3. The van der Waals surface area contributed by atoms with Crippen LogP contribution in [0.15, 0.2) is 70.7 Å². The molecule has 2 aromatic carbocycles. The maximum Gasteiger partial charge on any atom is 0.195 e. The van der Waals surface area contributed by atoms with E-state index in [4.69, 9.17) is 9.97 Å². The first-order chi connectivity index (χ1) is 12.8. The van der Waals surface area contributed by atoms with Crippen LogP contribution in [0.1, 0.15) is 24.5 Å². The number of para-hydroxylation sites is 1. The number of nitrogens with one attached hydrogen (secondary N) is 2. The fourth-order valence-electron chi connectivity index (χ4n) is 2.92. The van der Waals surface area contributed by atoms with Crippen molar-refractivity contribution in [3.05, 3.63) is 66.4 Å². The lowest BCUT2D eigenvalue weighted by molar-refractivity contribution is 0.964. The van der Waals surface area contributed by atoms with E-state index in [-0.39, 0.29) is 0 Å². The predicted octanol–water partition coefficient (Wildman–Crippen LogP) is 5.13. The summed E-state index contributed by atoms with van der Waals surface area (Å²) in [5.74, 6) is 2.22. The lowest BCUT2D eigenvalue weighted by atomic mass is 10.2. The van der Waals surface area contributed by atoms with Crippen molar-refractivity contribution in [2.24, 2.45) is 0 Å². The Morgan fingerprint density at radius 1 is 0.962 bits per heavy atom. The van der Waals surface area contributed by atoms with E-state index in [1.165, 1.54) is 18.5 Å². The van der Waals surface area contributed by atoms with Crippen LogP contribution >= 0.6 is 11.8 Å². The molecule has 0 atom stereocenters. The lowest BCUT2D eigenvalue weighted by Gasteiger charge is -2.09. The molecule has 0 radical (unpaired) electrons. The molecular formula is C20H17N5S. The van der Waals surface area contributed by atoms with E-state index in [2.05, 4.69) is 33.7 Å². The molecule has 4 aromatic rings. The van der Waals surface area contributed by atoms with Crippen LogP contribution in [-0.4, -0.2) is 20.2 Å². The van der Waals surface area contributed by atoms with Crippen molar-refractivity contribution >= 4 is 34.3 Å². The minimum Gasteiger partial charge on any atom is -0.323 e. The summed E-state index contributed by atoms with van der Waals surface area (Å²) in [5.41, 5.74) is 2.12. The minimum absolute atomic E-state index is 0.643. The van der Waals surface area contributed by atoms with Crippen molar-refractivity contribution in [2.75, 3.05) is 5.32 Å². The van der Waals surface area contributed by atoms with Crippen molar-refractivity contribution in [2.45, 2.75) is 28.8 Å². The molecule has 128 valence electrons. The zero-order valence-corrected chi connectivity index (χ0v) is 14.8. The number of anilines is 2. The Bertz CT molecular complexity index is 1060. The second kappa shape index (κ2) is 6.46. The normalized spacial score (nSPS) is 13.8. The van der Waals surface area contributed by atoms with Crippen LogP contribution < -0.4 is 5.32 Å². The summed E-state index contributed by atoms with van der Waals surface area (Å²) in [6.45, 7) is 0. The zero-order chi connectivity index (χ0) is 17.3. The Labute approximate surface area is 155 Å². The number of rotatable bonds is 5. The van der Waals surface area contributed by atoms with E-state index in [0.717, 1.165) is 32.6 Å². The highest BCUT2D eigenvalue weighted by molar-refractivity contribution is 7.99. The van der Waals surface area contributed by atoms with Gasteiger partial charge < -0.3 is 5.32 Å². The third-order valence-electron chi connectivity index (χ3n) is 4.40. The summed E-state index contributed by atoms with van der Waals surface area (Å²) in [7, 11) is 0. The van der Waals surface area contributed by atoms with Gasteiger partial charge in [0.15, 0.2) is 11.0 Å². The van der Waals surface area contributed by atoms with Crippen LogP contribution in [0.2, 0.25) is 0 Å². The summed E-state index contributed by atoms with van der Waals surface area (Å²) in [6, 6.07) is 20.3. The maximum absolute atomic E-state index is 4.75. The molecule has 2 N–H and O–H groups in total.